The average molecular weight is 336 g/mol. The van der Waals surface area contributed by atoms with E-state index in [2.05, 4.69) is 15.9 Å². The molecule has 0 bridgehead atoms. The molecule has 104 valence electrons. The van der Waals surface area contributed by atoms with Crippen LogP contribution in [0.2, 0.25) is 0 Å². The Balaban J connectivity index is 2.32. The lowest BCUT2D eigenvalue weighted by atomic mass is 10.1. The predicted octanol–water partition coefficient (Wildman–Crippen LogP) is 4.48. The van der Waals surface area contributed by atoms with E-state index < -0.39 is 0 Å². The fourth-order valence-corrected chi connectivity index (χ4v) is 2.17. The van der Waals surface area contributed by atoms with Crippen LogP contribution in [-0.4, -0.2) is 13.0 Å². The Bertz CT molecular complexity index is 670. The number of rotatable bonds is 2. The number of nitrogens with zero attached hydrogens (tertiary/aromatic N) is 1. The molecule has 0 N–H and O–H groups in total. The van der Waals surface area contributed by atoms with Crippen LogP contribution in [-0.2, 0) is 0 Å². The molecule has 0 unspecified atom stereocenters. The molecule has 0 aromatic heterocycles. The summed E-state index contributed by atoms with van der Waals surface area (Å²) in [4.78, 5) is 14.0. The molecule has 0 radical (unpaired) electrons. The maximum absolute atomic E-state index is 13.3. The minimum absolute atomic E-state index is 0.158. The maximum Gasteiger partial charge on any atom is 0.258 e. The first-order valence-corrected chi connectivity index (χ1v) is 7.00. The maximum atomic E-state index is 13.3. The second kappa shape index (κ2) is 5.75. The smallest absolute Gasteiger partial charge is 0.258 e. The summed E-state index contributed by atoms with van der Waals surface area (Å²) in [5.41, 5.74) is 2.80. The van der Waals surface area contributed by atoms with Gasteiger partial charge in [-0.2, -0.15) is 0 Å². The largest absolute Gasteiger partial charge is 0.311 e. The lowest BCUT2D eigenvalue weighted by Gasteiger charge is -2.18. The average Bonchev–Trinajstić information content (AvgIpc) is 2.43. The van der Waals surface area contributed by atoms with Crippen molar-refractivity contribution >= 4 is 27.5 Å². The van der Waals surface area contributed by atoms with Crippen molar-refractivity contribution in [2.45, 2.75) is 13.8 Å². The van der Waals surface area contributed by atoms with Crippen LogP contribution in [0.1, 0.15) is 21.5 Å². The third-order valence-electron chi connectivity index (χ3n) is 3.24. The van der Waals surface area contributed by atoms with Crippen LogP contribution in [0.5, 0.6) is 0 Å². The van der Waals surface area contributed by atoms with Crippen LogP contribution in [0.4, 0.5) is 10.1 Å². The Morgan fingerprint density at radius 3 is 2.40 bits per heavy atom. The van der Waals surface area contributed by atoms with Crippen molar-refractivity contribution < 1.29 is 9.18 Å². The van der Waals surface area contributed by atoms with Crippen molar-refractivity contribution in [2.24, 2.45) is 0 Å². The molecule has 0 atom stereocenters. The monoisotopic (exact) mass is 335 g/mol. The summed E-state index contributed by atoms with van der Waals surface area (Å²) in [7, 11) is 1.71. The standard InChI is InChI=1S/C16H15BrFNO/c1-10-9-13(5-6-14(10)17)19(3)16(20)12-4-7-15(18)11(2)8-12/h4-9H,1-3H3. The molecule has 2 nitrogen and oxygen atoms in total. The molecule has 0 saturated carbocycles. The van der Waals surface area contributed by atoms with Gasteiger partial charge in [0.1, 0.15) is 5.82 Å². The second-order valence-corrected chi connectivity index (χ2v) is 5.62. The number of aryl methyl sites for hydroxylation is 2. The highest BCUT2D eigenvalue weighted by molar-refractivity contribution is 9.10. The van der Waals surface area contributed by atoms with E-state index in [9.17, 15) is 9.18 Å². The Hall–Kier alpha value is -1.68. The van der Waals surface area contributed by atoms with E-state index in [1.165, 1.54) is 12.1 Å². The molecule has 0 saturated heterocycles. The van der Waals surface area contributed by atoms with Gasteiger partial charge in [0, 0.05) is 22.8 Å². The zero-order chi connectivity index (χ0) is 14.9. The number of halogens is 2. The van der Waals surface area contributed by atoms with Gasteiger partial charge in [-0.05, 0) is 61.4 Å². The number of carbonyl (C=O) groups excluding carboxylic acids is 1. The van der Waals surface area contributed by atoms with E-state index in [1.54, 1.807) is 24.9 Å². The highest BCUT2D eigenvalue weighted by Crippen LogP contribution is 2.23. The summed E-state index contributed by atoms with van der Waals surface area (Å²) in [6.07, 6.45) is 0. The van der Waals surface area contributed by atoms with E-state index >= 15 is 0 Å². The summed E-state index contributed by atoms with van der Waals surface area (Å²) >= 11 is 3.43. The fourth-order valence-electron chi connectivity index (χ4n) is 1.93. The van der Waals surface area contributed by atoms with E-state index in [1.807, 2.05) is 25.1 Å². The molecular weight excluding hydrogens is 321 g/mol. The Labute approximate surface area is 126 Å². The molecule has 2 rings (SSSR count). The zero-order valence-electron chi connectivity index (χ0n) is 11.6. The van der Waals surface area contributed by atoms with Crippen LogP contribution >= 0.6 is 15.9 Å². The Morgan fingerprint density at radius 1 is 1.10 bits per heavy atom. The number of benzene rings is 2. The topological polar surface area (TPSA) is 20.3 Å². The van der Waals surface area contributed by atoms with Crippen LogP contribution in [0.3, 0.4) is 0 Å². The molecular formula is C16H15BrFNO. The summed E-state index contributed by atoms with van der Waals surface area (Å²) in [6.45, 7) is 3.61. The van der Waals surface area contributed by atoms with Crippen LogP contribution in [0.15, 0.2) is 40.9 Å². The first-order valence-electron chi connectivity index (χ1n) is 6.20. The molecule has 0 fully saturated rings. The second-order valence-electron chi connectivity index (χ2n) is 4.76. The van der Waals surface area contributed by atoms with E-state index in [4.69, 9.17) is 0 Å². The zero-order valence-corrected chi connectivity index (χ0v) is 13.2. The normalized spacial score (nSPS) is 10.4. The minimum Gasteiger partial charge on any atom is -0.311 e. The fraction of sp³-hybridized carbons (Fsp3) is 0.188. The van der Waals surface area contributed by atoms with Gasteiger partial charge in [0.2, 0.25) is 0 Å². The van der Waals surface area contributed by atoms with Gasteiger partial charge in [-0.25, -0.2) is 4.39 Å². The summed E-state index contributed by atoms with van der Waals surface area (Å²) in [5, 5.41) is 0. The molecule has 2 aromatic carbocycles. The molecule has 0 heterocycles. The summed E-state index contributed by atoms with van der Waals surface area (Å²) in [5.74, 6) is -0.460. The molecule has 2 aromatic rings. The van der Waals surface area contributed by atoms with Gasteiger partial charge in [0.25, 0.3) is 5.91 Å². The molecule has 0 aliphatic rings. The Morgan fingerprint density at radius 2 is 1.80 bits per heavy atom. The highest BCUT2D eigenvalue weighted by Gasteiger charge is 2.15. The van der Waals surface area contributed by atoms with Gasteiger partial charge in [0.15, 0.2) is 0 Å². The minimum atomic E-state index is -0.302. The number of anilines is 1. The van der Waals surface area contributed by atoms with Crippen molar-refractivity contribution in [3.8, 4) is 0 Å². The molecule has 0 aliphatic heterocycles. The Kier molecular flexibility index (Phi) is 4.23. The number of amides is 1. The number of carbonyl (C=O) groups is 1. The van der Waals surface area contributed by atoms with Crippen molar-refractivity contribution in [1.82, 2.24) is 0 Å². The summed E-state index contributed by atoms with van der Waals surface area (Å²) in [6, 6.07) is 10.1. The molecule has 0 spiro atoms. The quantitative estimate of drug-likeness (QED) is 0.792. The molecule has 20 heavy (non-hydrogen) atoms. The molecule has 1 amide bonds. The van der Waals surface area contributed by atoms with Gasteiger partial charge in [-0.15, -0.1) is 0 Å². The van der Waals surface area contributed by atoms with E-state index in [0.717, 1.165) is 15.7 Å². The van der Waals surface area contributed by atoms with Gasteiger partial charge >= 0.3 is 0 Å². The van der Waals surface area contributed by atoms with Crippen molar-refractivity contribution in [3.05, 3.63) is 63.4 Å². The molecule has 0 aliphatic carbocycles. The van der Waals surface area contributed by atoms with Gasteiger partial charge in [0.05, 0.1) is 0 Å². The van der Waals surface area contributed by atoms with Crippen LogP contribution < -0.4 is 4.90 Å². The SMILES string of the molecule is Cc1cc(C(=O)N(C)c2ccc(Br)c(C)c2)ccc1F. The lowest BCUT2D eigenvalue weighted by molar-refractivity contribution is 0.0993. The van der Waals surface area contributed by atoms with Crippen LogP contribution in [0, 0.1) is 19.7 Å². The predicted molar refractivity (Wildman–Crippen MR) is 82.7 cm³/mol. The van der Waals surface area contributed by atoms with Gasteiger partial charge in [-0.3, -0.25) is 4.79 Å². The third-order valence-corrected chi connectivity index (χ3v) is 4.13. The number of hydrogen-bond donors (Lipinski definition) is 0. The third kappa shape index (κ3) is 2.90. The first kappa shape index (κ1) is 14.7. The van der Waals surface area contributed by atoms with E-state index in [-0.39, 0.29) is 11.7 Å². The van der Waals surface area contributed by atoms with Crippen molar-refractivity contribution in [1.29, 1.82) is 0 Å². The van der Waals surface area contributed by atoms with Gasteiger partial charge in [-0.1, -0.05) is 15.9 Å². The van der Waals surface area contributed by atoms with Crippen LogP contribution in [0.25, 0.3) is 0 Å². The van der Waals surface area contributed by atoms with E-state index in [0.29, 0.717) is 11.1 Å². The highest BCUT2D eigenvalue weighted by atomic mass is 79.9. The number of hydrogen-bond acceptors (Lipinski definition) is 1. The first-order chi connectivity index (χ1) is 9.40. The molecule has 4 heteroatoms. The van der Waals surface area contributed by atoms with Crippen molar-refractivity contribution in [3.63, 3.8) is 0 Å². The van der Waals surface area contributed by atoms with Crippen molar-refractivity contribution in [2.75, 3.05) is 11.9 Å². The van der Waals surface area contributed by atoms with Gasteiger partial charge < -0.3 is 4.90 Å². The summed E-state index contributed by atoms with van der Waals surface area (Å²) < 4.78 is 14.3. The lowest BCUT2D eigenvalue weighted by Crippen LogP contribution is -2.26.